The number of methoxy groups -OCH3 is 1. The monoisotopic (exact) mass is 267 g/mol. The number of ether oxygens (including phenoxy) is 1. The fourth-order valence-electron chi connectivity index (χ4n) is 1.40. The molecule has 0 aromatic heterocycles. The van der Waals surface area contributed by atoms with E-state index in [9.17, 15) is 4.79 Å². The molecule has 1 rings (SSSR count). The molecule has 98 valence electrons. The third-order valence-corrected chi connectivity index (χ3v) is 2.44. The second-order valence-corrected chi connectivity index (χ2v) is 3.98. The first-order valence-corrected chi connectivity index (χ1v) is 6.00. The van der Waals surface area contributed by atoms with E-state index in [1.165, 1.54) is 7.11 Å². The summed E-state index contributed by atoms with van der Waals surface area (Å²) in [6.07, 6.45) is 0.905. The second kappa shape index (κ2) is 7.62. The van der Waals surface area contributed by atoms with Gasteiger partial charge in [0.15, 0.2) is 5.11 Å². The lowest BCUT2D eigenvalue weighted by atomic mass is 10.1. The van der Waals surface area contributed by atoms with Gasteiger partial charge in [-0.2, -0.15) is 0 Å². The summed E-state index contributed by atoms with van der Waals surface area (Å²) in [5.74, 6) is -0.287. The summed E-state index contributed by atoms with van der Waals surface area (Å²) in [5, 5.41) is 3.36. The average molecular weight is 267 g/mol. The number of hydrogen-bond donors (Lipinski definition) is 3. The summed E-state index contributed by atoms with van der Waals surface area (Å²) < 4.78 is 4.67. The van der Waals surface area contributed by atoms with Crippen LogP contribution in [0.5, 0.6) is 0 Å². The van der Waals surface area contributed by atoms with Crippen LogP contribution in [0.25, 0.3) is 0 Å². The van der Waals surface area contributed by atoms with E-state index in [1.807, 2.05) is 24.3 Å². The van der Waals surface area contributed by atoms with Gasteiger partial charge in [0.05, 0.1) is 0 Å². The van der Waals surface area contributed by atoms with E-state index in [1.54, 1.807) is 0 Å². The summed E-state index contributed by atoms with van der Waals surface area (Å²) in [7, 11) is 1.45. The minimum atomic E-state index is -0.287. The molecule has 0 aliphatic heterocycles. The van der Waals surface area contributed by atoms with Crippen LogP contribution in [-0.2, 0) is 16.0 Å². The van der Waals surface area contributed by atoms with E-state index in [0.717, 1.165) is 17.7 Å². The number of benzene rings is 1. The Kier molecular flexibility index (Phi) is 6.10. The maximum atomic E-state index is 11.1. The Morgan fingerprint density at radius 1 is 1.33 bits per heavy atom. The van der Waals surface area contributed by atoms with Crippen molar-refractivity contribution in [2.24, 2.45) is 0 Å². The average Bonchev–Trinajstić information content (AvgIpc) is 2.37. The standard InChI is InChI=1S/C12H17N3O2S/c1-3-9-6-4-5-7-10(9)13-12(18)15-14-11(16)8-17-2/h4-7H,3,8H2,1-2H3,(H,14,16)(H2,13,15,18). The minimum Gasteiger partial charge on any atom is -0.375 e. The lowest BCUT2D eigenvalue weighted by Crippen LogP contribution is -2.45. The summed E-state index contributed by atoms with van der Waals surface area (Å²) in [6.45, 7) is 2.05. The van der Waals surface area contributed by atoms with Gasteiger partial charge >= 0.3 is 0 Å². The molecule has 0 aliphatic carbocycles. The molecule has 18 heavy (non-hydrogen) atoms. The molecule has 5 nitrogen and oxygen atoms in total. The quantitative estimate of drug-likeness (QED) is 0.565. The van der Waals surface area contributed by atoms with E-state index in [0.29, 0.717) is 5.11 Å². The molecule has 0 atom stereocenters. The number of thiocarbonyl (C=S) groups is 1. The second-order valence-electron chi connectivity index (χ2n) is 3.57. The maximum Gasteiger partial charge on any atom is 0.264 e. The number of nitrogens with one attached hydrogen (secondary N) is 3. The molecular weight excluding hydrogens is 250 g/mol. The highest BCUT2D eigenvalue weighted by Crippen LogP contribution is 2.14. The fourth-order valence-corrected chi connectivity index (χ4v) is 1.56. The number of rotatable bonds is 4. The largest absolute Gasteiger partial charge is 0.375 e. The van der Waals surface area contributed by atoms with Gasteiger partial charge in [0.25, 0.3) is 5.91 Å². The lowest BCUT2D eigenvalue weighted by molar-refractivity contribution is -0.125. The number of aryl methyl sites for hydroxylation is 1. The molecule has 0 fully saturated rings. The van der Waals surface area contributed by atoms with Gasteiger partial charge in [-0.05, 0) is 30.3 Å². The molecule has 0 radical (unpaired) electrons. The fraction of sp³-hybridized carbons (Fsp3) is 0.333. The molecule has 0 heterocycles. The number of hydrogen-bond acceptors (Lipinski definition) is 3. The van der Waals surface area contributed by atoms with Gasteiger partial charge in [0.2, 0.25) is 0 Å². The van der Waals surface area contributed by atoms with Crippen molar-refractivity contribution in [3.05, 3.63) is 29.8 Å². The smallest absolute Gasteiger partial charge is 0.264 e. The third kappa shape index (κ3) is 4.68. The van der Waals surface area contributed by atoms with Crippen LogP contribution in [0.1, 0.15) is 12.5 Å². The number of amides is 1. The highest BCUT2D eigenvalue weighted by atomic mass is 32.1. The van der Waals surface area contributed by atoms with E-state index in [4.69, 9.17) is 12.2 Å². The topological polar surface area (TPSA) is 62.4 Å². The first-order chi connectivity index (χ1) is 8.67. The highest BCUT2D eigenvalue weighted by Gasteiger charge is 2.03. The summed E-state index contributed by atoms with van der Waals surface area (Å²) in [6, 6.07) is 7.85. The van der Waals surface area contributed by atoms with E-state index in [2.05, 4.69) is 27.8 Å². The Morgan fingerprint density at radius 2 is 2.06 bits per heavy atom. The van der Waals surface area contributed by atoms with Crippen LogP contribution < -0.4 is 16.2 Å². The number of carbonyl (C=O) groups is 1. The van der Waals surface area contributed by atoms with E-state index in [-0.39, 0.29) is 12.5 Å². The van der Waals surface area contributed by atoms with Crippen molar-refractivity contribution in [1.82, 2.24) is 10.9 Å². The molecule has 1 aromatic rings. The molecule has 0 bridgehead atoms. The van der Waals surface area contributed by atoms with Crippen molar-refractivity contribution in [3.63, 3.8) is 0 Å². The Morgan fingerprint density at radius 3 is 2.72 bits per heavy atom. The van der Waals surface area contributed by atoms with Crippen LogP contribution in [0.2, 0.25) is 0 Å². The minimum absolute atomic E-state index is 0.0127. The first-order valence-electron chi connectivity index (χ1n) is 5.60. The third-order valence-electron chi connectivity index (χ3n) is 2.24. The maximum absolute atomic E-state index is 11.1. The van der Waals surface area contributed by atoms with Crippen LogP contribution in [-0.4, -0.2) is 24.7 Å². The van der Waals surface area contributed by atoms with Crippen LogP contribution in [0.3, 0.4) is 0 Å². The Balaban J connectivity index is 2.47. The zero-order valence-corrected chi connectivity index (χ0v) is 11.3. The highest BCUT2D eigenvalue weighted by molar-refractivity contribution is 7.80. The van der Waals surface area contributed by atoms with Crippen LogP contribution in [0, 0.1) is 0 Å². The zero-order valence-electron chi connectivity index (χ0n) is 10.4. The first kappa shape index (κ1) is 14.4. The molecule has 1 aromatic carbocycles. The van der Waals surface area contributed by atoms with E-state index < -0.39 is 0 Å². The SMILES string of the molecule is CCc1ccccc1NC(=S)NNC(=O)COC. The van der Waals surface area contributed by atoms with E-state index >= 15 is 0 Å². The predicted molar refractivity (Wildman–Crippen MR) is 75.2 cm³/mol. The van der Waals surface area contributed by atoms with Crippen LogP contribution in [0.4, 0.5) is 5.69 Å². The van der Waals surface area contributed by atoms with Crippen LogP contribution in [0.15, 0.2) is 24.3 Å². The molecule has 0 saturated heterocycles. The van der Waals surface area contributed by atoms with Crippen molar-refractivity contribution in [2.45, 2.75) is 13.3 Å². The Labute approximate surface area is 112 Å². The molecular formula is C12H17N3O2S. The molecule has 6 heteroatoms. The number of anilines is 1. The zero-order chi connectivity index (χ0) is 13.4. The normalized spacial score (nSPS) is 9.67. The van der Waals surface area contributed by atoms with Gasteiger partial charge in [-0.25, -0.2) is 0 Å². The van der Waals surface area contributed by atoms with Gasteiger partial charge in [-0.3, -0.25) is 15.6 Å². The van der Waals surface area contributed by atoms with Gasteiger partial charge in [0.1, 0.15) is 6.61 Å². The Hall–Kier alpha value is -1.66. The number of para-hydroxylation sites is 1. The van der Waals surface area contributed by atoms with Crippen molar-refractivity contribution in [2.75, 3.05) is 19.0 Å². The molecule has 1 amide bonds. The summed E-state index contributed by atoms with van der Waals surface area (Å²) in [5.41, 5.74) is 7.12. The molecule has 0 unspecified atom stereocenters. The Bertz CT molecular complexity index is 424. The predicted octanol–water partition coefficient (Wildman–Crippen LogP) is 1.21. The molecule has 0 spiro atoms. The molecule has 0 saturated carbocycles. The van der Waals surface area contributed by atoms with Gasteiger partial charge < -0.3 is 10.1 Å². The van der Waals surface area contributed by atoms with Crippen LogP contribution >= 0.6 is 12.2 Å². The van der Waals surface area contributed by atoms with Crippen molar-refractivity contribution < 1.29 is 9.53 Å². The van der Waals surface area contributed by atoms with Crippen molar-refractivity contribution in [1.29, 1.82) is 0 Å². The molecule has 3 N–H and O–H groups in total. The van der Waals surface area contributed by atoms with Crippen molar-refractivity contribution in [3.8, 4) is 0 Å². The molecule has 0 aliphatic rings. The number of carbonyl (C=O) groups excluding carboxylic acids is 1. The lowest BCUT2D eigenvalue weighted by Gasteiger charge is -2.13. The summed E-state index contributed by atoms with van der Waals surface area (Å²) >= 11 is 5.07. The van der Waals surface area contributed by atoms with Crippen molar-refractivity contribution >= 4 is 28.9 Å². The summed E-state index contributed by atoms with van der Waals surface area (Å²) in [4.78, 5) is 11.1. The van der Waals surface area contributed by atoms with Gasteiger partial charge in [-0.15, -0.1) is 0 Å². The van der Waals surface area contributed by atoms with Gasteiger partial charge in [-0.1, -0.05) is 25.1 Å². The van der Waals surface area contributed by atoms with Gasteiger partial charge in [0, 0.05) is 12.8 Å². The number of hydrazine groups is 1.